The first kappa shape index (κ1) is 16.2. The van der Waals surface area contributed by atoms with E-state index in [0.717, 1.165) is 25.5 Å². The molecule has 118 valence electrons. The molecule has 1 aliphatic heterocycles. The highest BCUT2D eigenvalue weighted by atomic mass is 15.2. The van der Waals surface area contributed by atoms with Crippen molar-refractivity contribution in [1.29, 1.82) is 0 Å². The lowest BCUT2D eigenvalue weighted by atomic mass is 10.1. The van der Waals surface area contributed by atoms with Crippen molar-refractivity contribution < 1.29 is 0 Å². The summed E-state index contributed by atoms with van der Waals surface area (Å²) in [5.41, 5.74) is 1.40. The monoisotopic (exact) mass is 290 g/mol. The second-order valence-corrected chi connectivity index (χ2v) is 7.06. The van der Waals surface area contributed by atoms with Crippen molar-refractivity contribution in [3.05, 3.63) is 23.9 Å². The number of likely N-dealkylation sites (tertiary alicyclic amines) is 1. The minimum atomic E-state index is 0.126. The first-order valence-corrected chi connectivity index (χ1v) is 8.08. The Morgan fingerprint density at radius 1 is 1.29 bits per heavy atom. The maximum absolute atomic E-state index is 4.59. The highest BCUT2D eigenvalue weighted by Crippen LogP contribution is 2.17. The van der Waals surface area contributed by atoms with Gasteiger partial charge in [-0.2, -0.15) is 0 Å². The Morgan fingerprint density at radius 3 is 2.67 bits per heavy atom. The van der Waals surface area contributed by atoms with Crippen LogP contribution in [-0.2, 0) is 6.54 Å². The predicted molar refractivity (Wildman–Crippen MR) is 89.8 cm³/mol. The average Bonchev–Trinajstić information content (AvgIpc) is 2.95. The molecule has 1 aromatic rings. The number of nitrogens with one attached hydrogen (secondary N) is 1. The van der Waals surface area contributed by atoms with E-state index in [-0.39, 0.29) is 5.54 Å². The Hall–Kier alpha value is -1.13. The van der Waals surface area contributed by atoms with Gasteiger partial charge in [0.2, 0.25) is 0 Å². The van der Waals surface area contributed by atoms with Gasteiger partial charge < -0.3 is 15.1 Å². The zero-order chi connectivity index (χ0) is 15.3. The van der Waals surface area contributed by atoms with Crippen LogP contribution in [0.1, 0.15) is 39.2 Å². The van der Waals surface area contributed by atoms with E-state index in [1.807, 2.05) is 12.3 Å². The first-order chi connectivity index (χ1) is 9.96. The van der Waals surface area contributed by atoms with Crippen LogP contribution in [0.3, 0.4) is 0 Å². The van der Waals surface area contributed by atoms with Crippen molar-refractivity contribution in [2.45, 2.75) is 45.7 Å². The molecule has 0 amide bonds. The number of anilines is 1. The van der Waals surface area contributed by atoms with Gasteiger partial charge in [0.15, 0.2) is 0 Å². The fourth-order valence-corrected chi connectivity index (χ4v) is 2.68. The van der Waals surface area contributed by atoms with E-state index in [1.54, 1.807) is 0 Å². The van der Waals surface area contributed by atoms with Crippen molar-refractivity contribution in [1.82, 2.24) is 15.2 Å². The summed E-state index contributed by atoms with van der Waals surface area (Å²) in [7, 11) is 2.15. The van der Waals surface area contributed by atoms with Crippen LogP contribution in [-0.4, -0.2) is 48.6 Å². The molecule has 0 aliphatic carbocycles. The van der Waals surface area contributed by atoms with Gasteiger partial charge in [-0.05, 0) is 52.8 Å². The maximum atomic E-state index is 4.59. The smallest absolute Gasteiger partial charge is 0.132 e. The Bertz CT molecular complexity index is 433. The Kier molecular flexibility index (Phi) is 5.59. The molecular weight excluding hydrogens is 260 g/mol. The molecule has 0 saturated carbocycles. The molecule has 1 saturated heterocycles. The van der Waals surface area contributed by atoms with Gasteiger partial charge in [-0.25, -0.2) is 4.98 Å². The third-order valence-corrected chi connectivity index (χ3v) is 3.99. The maximum Gasteiger partial charge on any atom is 0.132 e. The van der Waals surface area contributed by atoms with E-state index >= 15 is 0 Å². The van der Waals surface area contributed by atoms with Crippen LogP contribution in [0.5, 0.6) is 0 Å². The highest BCUT2D eigenvalue weighted by molar-refractivity contribution is 5.46. The molecule has 1 fully saturated rings. The van der Waals surface area contributed by atoms with Gasteiger partial charge in [0.25, 0.3) is 0 Å². The Balaban J connectivity index is 1.94. The van der Waals surface area contributed by atoms with Gasteiger partial charge in [0.1, 0.15) is 5.82 Å². The molecule has 1 aromatic heterocycles. The number of nitrogens with zero attached hydrogens (tertiary/aromatic N) is 3. The zero-order valence-corrected chi connectivity index (χ0v) is 14.0. The molecule has 1 N–H and O–H groups in total. The second-order valence-electron chi connectivity index (χ2n) is 7.06. The van der Waals surface area contributed by atoms with Gasteiger partial charge in [-0.3, -0.25) is 0 Å². The molecule has 0 unspecified atom stereocenters. The van der Waals surface area contributed by atoms with Crippen molar-refractivity contribution in [3.8, 4) is 0 Å². The normalized spacial score (nSPS) is 16.4. The number of hydrogen-bond donors (Lipinski definition) is 1. The summed E-state index contributed by atoms with van der Waals surface area (Å²) in [6.45, 7) is 12.1. The molecule has 2 heterocycles. The van der Waals surface area contributed by atoms with Gasteiger partial charge in [-0.1, -0.05) is 6.07 Å². The largest absolute Gasteiger partial charge is 0.358 e. The van der Waals surface area contributed by atoms with E-state index in [0.29, 0.717) is 0 Å². The van der Waals surface area contributed by atoms with Crippen LogP contribution in [0.25, 0.3) is 0 Å². The number of aromatic nitrogens is 1. The molecule has 2 rings (SSSR count). The van der Waals surface area contributed by atoms with E-state index in [2.05, 4.69) is 54.0 Å². The van der Waals surface area contributed by atoms with Crippen molar-refractivity contribution in [2.75, 3.05) is 38.1 Å². The molecule has 0 spiro atoms. The van der Waals surface area contributed by atoms with Crippen LogP contribution in [0.2, 0.25) is 0 Å². The van der Waals surface area contributed by atoms with Gasteiger partial charge >= 0.3 is 0 Å². The SMILES string of the molecule is CN(CCN1CCCC1)c1ncccc1CNC(C)(C)C. The van der Waals surface area contributed by atoms with Gasteiger partial charge in [-0.15, -0.1) is 0 Å². The molecule has 1 aliphatic rings. The lowest BCUT2D eigenvalue weighted by molar-refractivity contribution is 0.346. The van der Waals surface area contributed by atoms with E-state index < -0.39 is 0 Å². The standard InChI is InChI=1S/C17H30N4/c1-17(2,3)19-14-15-8-7-9-18-16(15)20(4)12-13-21-10-5-6-11-21/h7-9,19H,5-6,10-14H2,1-4H3. The van der Waals surface area contributed by atoms with Gasteiger partial charge in [0, 0.05) is 44.0 Å². The predicted octanol–water partition coefficient (Wildman–Crippen LogP) is 2.50. The van der Waals surface area contributed by atoms with E-state index in [9.17, 15) is 0 Å². The number of hydrogen-bond acceptors (Lipinski definition) is 4. The highest BCUT2D eigenvalue weighted by Gasteiger charge is 2.15. The van der Waals surface area contributed by atoms with Crippen LogP contribution < -0.4 is 10.2 Å². The molecule has 0 radical (unpaired) electrons. The van der Waals surface area contributed by atoms with E-state index in [1.165, 1.54) is 31.5 Å². The summed E-state index contributed by atoms with van der Waals surface area (Å²) in [4.78, 5) is 9.43. The second kappa shape index (κ2) is 7.23. The lowest BCUT2D eigenvalue weighted by Crippen LogP contribution is -2.36. The third-order valence-electron chi connectivity index (χ3n) is 3.99. The van der Waals surface area contributed by atoms with Gasteiger partial charge in [0.05, 0.1) is 0 Å². The van der Waals surface area contributed by atoms with E-state index in [4.69, 9.17) is 0 Å². The number of likely N-dealkylation sites (N-methyl/N-ethyl adjacent to an activating group) is 1. The summed E-state index contributed by atoms with van der Waals surface area (Å²) in [5, 5.41) is 3.55. The summed E-state index contributed by atoms with van der Waals surface area (Å²) in [6.07, 6.45) is 4.60. The fraction of sp³-hybridized carbons (Fsp3) is 0.706. The fourth-order valence-electron chi connectivity index (χ4n) is 2.68. The average molecular weight is 290 g/mol. The topological polar surface area (TPSA) is 31.4 Å². The minimum Gasteiger partial charge on any atom is -0.358 e. The van der Waals surface area contributed by atoms with Crippen LogP contribution in [0.4, 0.5) is 5.82 Å². The Morgan fingerprint density at radius 2 is 2.00 bits per heavy atom. The minimum absolute atomic E-state index is 0.126. The molecule has 0 bridgehead atoms. The molecule has 0 atom stereocenters. The molecule has 4 nitrogen and oxygen atoms in total. The first-order valence-electron chi connectivity index (χ1n) is 8.08. The summed E-state index contributed by atoms with van der Waals surface area (Å²) in [6, 6.07) is 4.20. The number of pyridine rings is 1. The summed E-state index contributed by atoms with van der Waals surface area (Å²) < 4.78 is 0. The Labute approximate surface area is 129 Å². The summed E-state index contributed by atoms with van der Waals surface area (Å²) >= 11 is 0. The van der Waals surface area contributed by atoms with Crippen LogP contribution in [0, 0.1) is 0 Å². The van der Waals surface area contributed by atoms with Crippen LogP contribution >= 0.6 is 0 Å². The van der Waals surface area contributed by atoms with Crippen molar-refractivity contribution in [2.24, 2.45) is 0 Å². The molecule has 21 heavy (non-hydrogen) atoms. The molecule has 0 aromatic carbocycles. The summed E-state index contributed by atoms with van der Waals surface area (Å²) in [5.74, 6) is 1.11. The zero-order valence-electron chi connectivity index (χ0n) is 14.0. The van der Waals surface area contributed by atoms with Crippen LogP contribution in [0.15, 0.2) is 18.3 Å². The lowest BCUT2D eigenvalue weighted by Gasteiger charge is -2.26. The third kappa shape index (κ3) is 5.29. The molecule has 4 heteroatoms. The number of rotatable bonds is 6. The van der Waals surface area contributed by atoms with Crippen molar-refractivity contribution in [3.63, 3.8) is 0 Å². The quantitative estimate of drug-likeness (QED) is 0.872. The van der Waals surface area contributed by atoms with Crippen molar-refractivity contribution >= 4 is 5.82 Å². The molecular formula is C17H30N4.